The van der Waals surface area contributed by atoms with E-state index in [1.807, 2.05) is 67.6 Å². The van der Waals surface area contributed by atoms with E-state index in [-0.39, 0.29) is 23.8 Å². The van der Waals surface area contributed by atoms with Crippen LogP contribution in [0.2, 0.25) is 0 Å². The number of nitrogens with one attached hydrogen (secondary N) is 1. The Balaban J connectivity index is 1.90. The molecule has 0 radical (unpaired) electrons. The summed E-state index contributed by atoms with van der Waals surface area (Å²) in [5, 5.41) is 12.1. The normalized spacial score (nSPS) is 19.2. The molecular weight excluding hydrogens is 580 g/mol. The van der Waals surface area contributed by atoms with Crippen LogP contribution in [-0.4, -0.2) is 55.4 Å². The summed E-state index contributed by atoms with van der Waals surface area (Å²) in [4.78, 5) is 12.8. The highest BCUT2D eigenvalue weighted by Crippen LogP contribution is 2.49. The van der Waals surface area contributed by atoms with Crippen LogP contribution in [-0.2, 0) is 30.4 Å². The molecule has 0 fully saturated rings. The Morgan fingerprint density at radius 1 is 0.952 bits per heavy atom. The molecule has 12 heteroatoms. The summed E-state index contributed by atoms with van der Waals surface area (Å²) in [5.41, 5.74) is 1.58. The molecule has 1 heterocycles. The average molecular weight is 619 g/mol. The van der Waals surface area contributed by atoms with Crippen molar-refractivity contribution in [2.75, 3.05) is 22.5 Å². The second-order valence-corrected chi connectivity index (χ2v) is 13.4. The third-order valence-corrected chi connectivity index (χ3v) is 8.97. The van der Waals surface area contributed by atoms with Crippen LogP contribution in [0.4, 0.5) is 11.4 Å². The minimum Gasteiger partial charge on any atom is -0.481 e. The Kier molecular flexibility index (Phi) is 11.5. The van der Waals surface area contributed by atoms with E-state index in [0.29, 0.717) is 37.8 Å². The smallest absolute Gasteiger partial charge is 0.303 e. The number of allylic oxidation sites excluding steroid dienone is 4. The van der Waals surface area contributed by atoms with Crippen molar-refractivity contribution in [1.29, 1.82) is 0 Å². The molecule has 228 valence electrons. The van der Waals surface area contributed by atoms with Crippen LogP contribution in [0.1, 0.15) is 51.0 Å². The predicted octanol–water partition coefficient (Wildman–Crippen LogP) is 5.43. The molecule has 10 nitrogen and oxygen atoms in total. The number of benzene rings is 2. The van der Waals surface area contributed by atoms with Crippen LogP contribution in [0, 0.1) is 0 Å². The van der Waals surface area contributed by atoms with Crippen LogP contribution < -0.4 is 10.2 Å². The lowest BCUT2D eigenvalue weighted by molar-refractivity contribution is -0.137. The van der Waals surface area contributed by atoms with Gasteiger partial charge < -0.3 is 15.3 Å². The molecule has 4 N–H and O–H groups in total. The van der Waals surface area contributed by atoms with Crippen molar-refractivity contribution in [1.82, 2.24) is 0 Å². The molecule has 0 aromatic heterocycles. The molecule has 3 rings (SSSR count). The third kappa shape index (κ3) is 9.55. The summed E-state index contributed by atoms with van der Waals surface area (Å²) >= 11 is 0. The molecule has 2 aromatic carbocycles. The summed E-state index contributed by atoms with van der Waals surface area (Å²) in [6.45, 7) is 2.46. The summed E-state index contributed by atoms with van der Waals surface area (Å²) in [5.74, 6) is -1.30. The average Bonchev–Trinajstić information content (AvgIpc) is 3.14. The first kappa shape index (κ1) is 33.1. The van der Waals surface area contributed by atoms with Gasteiger partial charge in [-0.2, -0.15) is 16.8 Å². The van der Waals surface area contributed by atoms with Gasteiger partial charge in [-0.25, -0.2) is 0 Å². The van der Waals surface area contributed by atoms with Crippen molar-refractivity contribution >= 4 is 37.6 Å². The number of carboxylic acid groups (broad SMARTS) is 1. The van der Waals surface area contributed by atoms with Crippen molar-refractivity contribution in [3.8, 4) is 0 Å². The molecule has 0 saturated carbocycles. The molecule has 0 spiro atoms. The predicted molar refractivity (Wildman–Crippen MR) is 164 cm³/mol. The van der Waals surface area contributed by atoms with E-state index in [0.717, 1.165) is 11.4 Å². The number of fused-ring (bicyclic) bond motifs is 1. The molecule has 2 aromatic rings. The fourth-order valence-corrected chi connectivity index (χ4v) is 6.30. The lowest BCUT2D eigenvalue weighted by atomic mass is 9.74. The maximum absolute atomic E-state index is 12.0. The molecule has 0 aliphatic carbocycles. The zero-order valence-corrected chi connectivity index (χ0v) is 25.1. The molecule has 0 amide bonds. The summed E-state index contributed by atoms with van der Waals surface area (Å²) < 4.78 is 66.0. The lowest BCUT2D eigenvalue weighted by Gasteiger charge is -2.35. The van der Waals surface area contributed by atoms with Gasteiger partial charge in [0.1, 0.15) is 0 Å². The number of hydrogen-bond donors (Lipinski definition) is 4. The van der Waals surface area contributed by atoms with E-state index < -0.39 is 37.4 Å². The fourth-order valence-electron chi connectivity index (χ4n) is 5.28. The van der Waals surface area contributed by atoms with E-state index >= 15 is 0 Å². The first-order valence-corrected chi connectivity index (χ1v) is 16.7. The minimum atomic E-state index is -4.49. The van der Waals surface area contributed by atoms with Gasteiger partial charge in [-0.1, -0.05) is 55.8 Å². The number of carbonyl (C=O) groups is 1. The number of aliphatic carboxylic acids is 1. The molecule has 1 aliphatic heterocycles. The zero-order chi connectivity index (χ0) is 30.8. The first-order chi connectivity index (χ1) is 19.8. The molecule has 0 saturated heterocycles. The van der Waals surface area contributed by atoms with Gasteiger partial charge in [0.05, 0.1) is 16.7 Å². The molecule has 2 unspecified atom stereocenters. The standard InChI is InChI=1S/C30H38N2O8S2/c1-30(19-12-22-41(35,36)37)26-23-25(42(38,39)40)17-18-27(26)32(21-11-5-9-16-29(33)34)28(30)15-8-2-3-10-20-31-24-13-6-4-7-14-24/h2-4,6-8,10,13-15,17-18,20,23,28,31H,5,9,11-12,16,19,21-22H2,1H3,(H,33,34)(H,35,36,37)(H,38,39,40)/b3-2+,15-8+,20-10+. The van der Waals surface area contributed by atoms with Gasteiger partial charge in [-0.15, -0.1) is 0 Å². The molecule has 2 atom stereocenters. The van der Waals surface area contributed by atoms with Crippen molar-refractivity contribution in [3.05, 3.63) is 90.7 Å². The van der Waals surface area contributed by atoms with Gasteiger partial charge in [0.25, 0.3) is 20.2 Å². The Morgan fingerprint density at radius 3 is 2.33 bits per heavy atom. The summed E-state index contributed by atoms with van der Waals surface area (Å²) in [7, 11) is -8.69. The van der Waals surface area contributed by atoms with Crippen molar-refractivity contribution in [3.63, 3.8) is 0 Å². The second-order valence-electron chi connectivity index (χ2n) is 10.4. The number of carboxylic acids is 1. The van der Waals surface area contributed by atoms with Gasteiger partial charge in [0.2, 0.25) is 0 Å². The Bertz CT molecular complexity index is 1520. The maximum atomic E-state index is 12.0. The van der Waals surface area contributed by atoms with Crippen LogP contribution >= 0.6 is 0 Å². The Hall–Kier alpha value is -3.45. The van der Waals surface area contributed by atoms with Crippen LogP contribution in [0.25, 0.3) is 0 Å². The van der Waals surface area contributed by atoms with Crippen LogP contribution in [0.3, 0.4) is 0 Å². The van der Waals surface area contributed by atoms with E-state index in [9.17, 15) is 30.7 Å². The molecular formula is C30H38N2O8S2. The van der Waals surface area contributed by atoms with Crippen molar-refractivity contribution in [2.24, 2.45) is 0 Å². The number of rotatable bonds is 16. The SMILES string of the molecule is CC1(CCCS(=O)(=O)O)c2cc(S(=O)(=O)O)ccc2N(CCCCCC(=O)O)C1/C=C/C=C/C=C/Nc1ccccc1. The van der Waals surface area contributed by atoms with E-state index in [1.165, 1.54) is 12.1 Å². The second kappa shape index (κ2) is 14.6. The highest BCUT2D eigenvalue weighted by Gasteiger charge is 2.46. The van der Waals surface area contributed by atoms with Gasteiger partial charge in [-0.05, 0) is 67.7 Å². The zero-order valence-electron chi connectivity index (χ0n) is 23.5. The summed E-state index contributed by atoms with van der Waals surface area (Å²) in [6.07, 6.45) is 13.6. The maximum Gasteiger partial charge on any atom is 0.303 e. The van der Waals surface area contributed by atoms with E-state index in [4.69, 9.17) is 5.11 Å². The Morgan fingerprint density at radius 2 is 1.67 bits per heavy atom. The van der Waals surface area contributed by atoms with Crippen LogP contribution in [0.15, 0.2) is 90.0 Å². The highest BCUT2D eigenvalue weighted by molar-refractivity contribution is 7.86. The number of unbranched alkanes of at least 4 members (excludes halogenated alkanes) is 2. The van der Waals surface area contributed by atoms with E-state index in [1.54, 1.807) is 12.3 Å². The van der Waals surface area contributed by atoms with Gasteiger partial charge in [0.15, 0.2) is 0 Å². The molecule has 1 aliphatic rings. The van der Waals surface area contributed by atoms with Gasteiger partial charge in [0, 0.05) is 36.0 Å². The monoisotopic (exact) mass is 618 g/mol. The number of anilines is 2. The lowest BCUT2D eigenvalue weighted by Crippen LogP contribution is -2.42. The minimum absolute atomic E-state index is 0.0719. The van der Waals surface area contributed by atoms with Crippen molar-refractivity contribution in [2.45, 2.75) is 61.8 Å². The summed E-state index contributed by atoms with van der Waals surface area (Å²) in [6, 6.07) is 13.8. The Labute approximate surface area is 248 Å². The molecule has 42 heavy (non-hydrogen) atoms. The van der Waals surface area contributed by atoms with Gasteiger partial charge in [-0.3, -0.25) is 13.9 Å². The number of hydrogen-bond acceptors (Lipinski definition) is 7. The number of nitrogens with zero attached hydrogens (tertiary/aromatic N) is 1. The number of para-hydroxylation sites is 1. The molecule has 0 bridgehead atoms. The van der Waals surface area contributed by atoms with E-state index in [2.05, 4.69) is 10.2 Å². The highest BCUT2D eigenvalue weighted by atomic mass is 32.2. The largest absolute Gasteiger partial charge is 0.481 e. The van der Waals surface area contributed by atoms with Crippen molar-refractivity contribution < 1.29 is 35.8 Å². The fraction of sp³-hybridized carbons (Fsp3) is 0.367. The first-order valence-electron chi connectivity index (χ1n) is 13.7. The quantitative estimate of drug-likeness (QED) is 0.108. The van der Waals surface area contributed by atoms with Gasteiger partial charge >= 0.3 is 5.97 Å². The van der Waals surface area contributed by atoms with Crippen LogP contribution in [0.5, 0.6) is 0 Å². The topological polar surface area (TPSA) is 161 Å². The third-order valence-electron chi connectivity index (χ3n) is 7.31.